The highest BCUT2D eigenvalue weighted by Crippen LogP contribution is 2.43. The molecule has 1 saturated heterocycles. The van der Waals surface area contributed by atoms with Crippen molar-refractivity contribution < 1.29 is 9.53 Å². The molecule has 2 N–H and O–H groups in total. The summed E-state index contributed by atoms with van der Waals surface area (Å²) in [5.41, 5.74) is 8.57. The zero-order valence-electron chi connectivity index (χ0n) is 24.6. The van der Waals surface area contributed by atoms with Crippen LogP contribution in [0.1, 0.15) is 54.4 Å². The van der Waals surface area contributed by atoms with Crippen molar-refractivity contribution in [3.05, 3.63) is 81.9 Å². The van der Waals surface area contributed by atoms with Crippen LogP contribution in [0, 0.1) is 0 Å². The lowest BCUT2D eigenvalue weighted by atomic mass is 9.92. The van der Waals surface area contributed by atoms with E-state index in [1.165, 1.54) is 29.5 Å². The molecule has 0 bridgehead atoms. The van der Waals surface area contributed by atoms with Gasteiger partial charge in [0.2, 0.25) is 5.91 Å². The summed E-state index contributed by atoms with van der Waals surface area (Å²) in [4.78, 5) is 21.0. The number of carbonyl (C=O) groups is 1. The molecule has 0 spiro atoms. The van der Waals surface area contributed by atoms with Crippen LogP contribution in [0.5, 0.6) is 5.75 Å². The Balaban J connectivity index is 0.000000153. The lowest BCUT2D eigenvalue weighted by Crippen LogP contribution is -2.47. The lowest BCUT2D eigenvalue weighted by molar-refractivity contribution is -0.120. The third-order valence-corrected chi connectivity index (χ3v) is 8.98. The van der Waals surface area contributed by atoms with Crippen LogP contribution in [0.3, 0.4) is 0 Å². The average molecular weight is 586 g/mol. The SMILES string of the molecule is CCC(=O)NCC[C@@H]1CCc2ccc3c(c21)CCO3.CN1CCN(C2=Nc3cc(Cl)ccc3Nc3ccccc32)CC1. The predicted octanol–water partition coefficient (Wildman–Crippen LogP) is 6.29. The number of amides is 1. The normalized spacial score (nSPS) is 18.6. The number of nitrogens with one attached hydrogen (secondary N) is 2. The van der Waals surface area contributed by atoms with Gasteiger partial charge in [0.15, 0.2) is 0 Å². The Hall–Kier alpha value is -3.55. The van der Waals surface area contributed by atoms with Crippen molar-refractivity contribution in [3.8, 4) is 5.75 Å². The number of halogens is 1. The Bertz CT molecular complexity index is 1480. The van der Waals surface area contributed by atoms with Crippen molar-refractivity contribution in [2.24, 2.45) is 4.99 Å². The van der Waals surface area contributed by atoms with Crippen LogP contribution in [-0.2, 0) is 17.6 Å². The van der Waals surface area contributed by atoms with E-state index >= 15 is 0 Å². The number of anilines is 2. The minimum Gasteiger partial charge on any atom is -0.493 e. The summed E-state index contributed by atoms with van der Waals surface area (Å²) in [6.07, 6.45) is 5.07. The molecule has 7 nitrogen and oxygen atoms in total. The van der Waals surface area contributed by atoms with Gasteiger partial charge in [-0.2, -0.15) is 0 Å². The molecule has 3 aromatic rings. The minimum atomic E-state index is 0.153. The van der Waals surface area contributed by atoms with Gasteiger partial charge in [0.1, 0.15) is 11.6 Å². The van der Waals surface area contributed by atoms with E-state index in [-0.39, 0.29) is 5.91 Å². The summed E-state index contributed by atoms with van der Waals surface area (Å²) in [6, 6.07) is 18.5. The Labute approximate surface area is 253 Å². The number of nitrogens with zero attached hydrogens (tertiary/aromatic N) is 3. The fourth-order valence-electron chi connectivity index (χ4n) is 6.42. The number of hydrogen-bond donors (Lipinski definition) is 2. The second kappa shape index (κ2) is 12.8. The summed E-state index contributed by atoms with van der Waals surface area (Å²) in [5.74, 6) is 2.87. The fourth-order valence-corrected chi connectivity index (χ4v) is 6.58. The molecule has 0 saturated carbocycles. The van der Waals surface area contributed by atoms with Crippen LogP contribution >= 0.6 is 11.6 Å². The van der Waals surface area contributed by atoms with Crippen molar-refractivity contribution in [2.75, 3.05) is 51.7 Å². The molecule has 1 aliphatic carbocycles. The maximum absolute atomic E-state index is 11.3. The number of carbonyl (C=O) groups excluding carboxylic acids is 1. The zero-order valence-corrected chi connectivity index (χ0v) is 25.3. The lowest BCUT2D eigenvalue weighted by Gasteiger charge is -2.34. The number of aliphatic imine (C=N–C) groups is 1. The fraction of sp³-hybridized carbons (Fsp3) is 0.412. The maximum Gasteiger partial charge on any atom is 0.219 e. The van der Waals surface area contributed by atoms with E-state index in [2.05, 4.69) is 57.8 Å². The van der Waals surface area contributed by atoms with Gasteiger partial charge in [-0.1, -0.05) is 36.7 Å². The molecule has 8 heteroatoms. The summed E-state index contributed by atoms with van der Waals surface area (Å²) in [5, 5.41) is 7.19. The van der Waals surface area contributed by atoms with Gasteiger partial charge in [-0.15, -0.1) is 0 Å². The van der Waals surface area contributed by atoms with Crippen molar-refractivity contribution in [1.82, 2.24) is 15.1 Å². The van der Waals surface area contributed by atoms with E-state index in [0.29, 0.717) is 17.4 Å². The number of piperazine rings is 1. The van der Waals surface area contributed by atoms with Crippen LogP contribution in [0.15, 0.2) is 59.6 Å². The van der Waals surface area contributed by atoms with Gasteiger partial charge >= 0.3 is 0 Å². The highest BCUT2D eigenvalue weighted by molar-refractivity contribution is 6.31. The smallest absolute Gasteiger partial charge is 0.219 e. The number of aryl methyl sites for hydroxylation is 1. The number of fused-ring (bicyclic) bond motifs is 5. The molecule has 1 fully saturated rings. The first-order valence-electron chi connectivity index (χ1n) is 15.2. The number of likely N-dealkylation sites (N-methyl/N-ethyl adjacent to an activating group) is 1. The van der Waals surface area contributed by atoms with Crippen molar-refractivity contribution in [2.45, 2.75) is 44.9 Å². The van der Waals surface area contributed by atoms with Crippen molar-refractivity contribution in [1.29, 1.82) is 0 Å². The molecule has 0 unspecified atom stereocenters. The largest absolute Gasteiger partial charge is 0.493 e. The van der Waals surface area contributed by atoms with Crippen LogP contribution in [0.25, 0.3) is 0 Å². The third-order valence-electron chi connectivity index (χ3n) is 8.75. The van der Waals surface area contributed by atoms with E-state index in [9.17, 15) is 4.79 Å². The molecule has 7 rings (SSSR count). The number of amidine groups is 1. The van der Waals surface area contributed by atoms with E-state index in [1.54, 1.807) is 0 Å². The number of hydrogen-bond acceptors (Lipinski definition) is 6. The van der Waals surface area contributed by atoms with Gasteiger partial charge in [0.25, 0.3) is 0 Å². The van der Waals surface area contributed by atoms with Crippen molar-refractivity contribution >= 4 is 40.4 Å². The van der Waals surface area contributed by atoms with E-state index in [0.717, 1.165) is 86.4 Å². The predicted molar refractivity (Wildman–Crippen MR) is 171 cm³/mol. The summed E-state index contributed by atoms with van der Waals surface area (Å²) in [6.45, 7) is 7.59. The Morgan fingerprint density at radius 3 is 2.74 bits per heavy atom. The van der Waals surface area contributed by atoms with Crippen LogP contribution in [0.2, 0.25) is 5.02 Å². The number of ether oxygens (including phenoxy) is 1. The van der Waals surface area contributed by atoms with Gasteiger partial charge < -0.3 is 25.2 Å². The molecule has 1 atom stereocenters. The highest BCUT2D eigenvalue weighted by Gasteiger charge is 2.29. The standard InChI is InChI=1S/C18H19ClN4.C16H21NO2/c1-22-8-10-23(11-9-22)18-14-4-2-3-5-15(14)20-16-7-6-13(19)12-17(16)21-18;1-2-15(18)17-9-7-12-4-3-11-5-6-14-13(16(11)12)8-10-19-14/h2-7,12,20H,8-11H2,1H3;5-6,12H,2-4,7-10H2,1H3,(H,17,18)/t;12-/m.0/s1. The van der Waals surface area contributed by atoms with E-state index in [1.807, 2.05) is 31.2 Å². The topological polar surface area (TPSA) is 69.2 Å². The van der Waals surface area contributed by atoms with Crippen LogP contribution in [-0.4, -0.2) is 67.9 Å². The Morgan fingerprint density at radius 1 is 1.07 bits per heavy atom. The Kier molecular flexibility index (Phi) is 8.68. The molecule has 220 valence electrons. The van der Waals surface area contributed by atoms with Gasteiger partial charge in [-0.05, 0) is 79.8 Å². The first kappa shape index (κ1) is 28.6. The van der Waals surface area contributed by atoms with Crippen LogP contribution < -0.4 is 15.4 Å². The molecule has 1 amide bonds. The zero-order chi connectivity index (χ0) is 29.1. The second-order valence-electron chi connectivity index (χ2n) is 11.5. The van der Waals surface area contributed by atoms with Crippen LogP contribution in [0.4, 0.5) is 17.1 Å². The quantitative estimate of drug-likeness (QED) is 0.377. The Morgan fingerprint density at radius 2 is 1.90 bits per heavy atom. The molecular weight excluding hydrogens is 546 g/mol. The first-order valence-corrected chi connectivity index (χ1v) is 15.6. The molecule has 3 aliphatic heterocycles. The molecule has 42 heavy (non-hydrogen) atoms. The number of benzene rings is 3. The maximum atomic E-state index is 11.3. The van der Waals surface area contributed by atoms with Gasteiger partial charge in [-0.25, -0.2) is 4.99 Å². The molecule has 0 aromatic heterocycles. The summed E-state index contributed by atoms with van der Waals surface area (Å²) < 4.78 is 5.66. The van der Waals surface area contributed by atoms with E-state index < -0.39 is 0 Å². The highest BCUT2D eigenvalue weighted by atomic mass is 35.5. The van der Waals surface area contributed by atoms with Crippen molar-refractivity contribution in [3.63, 3.8) is 0 Å². The van der Waals surface area contributed by atoms with Gasteiger partial charge in [-0.3, -0.25) is 4.79 Å². The number of rotatable bonds is 4. The summed E-state index contributed by atoms with van der Waals surface area (Å²) in [7, 11) is 2.16. The molecule has 3 heterocycles. The summed E-state index contributed by atoms with van der Waals surface area (Å²) >= 11 is 6.18. The molecule has 4 aliphatic rings. The molecule has 3 aromatic carbocycles. The van der Waals surface area contributed by atoms with Gasteiger partial charge in [0, 0.05) is 67.4 Å². The minimum absolute atomic E-state index is 0.153. The monoisotopic (exact) mass is 585 g/mol. The molecular formula is C34H40ClN5O2. The second-order valence-corrected chi connectivity index (χ2v) is 11.9. The first-order chi connectivity index (χ1) is 20.5. The third kappa shape index (κ3) is 6.13. The number of para-hydroxylation sites is 1. The molecule has 0 radical (unpaired) electrons. The average Bonchev–Trinajstić information content (AvgIpc) is 3.61. The van der Waals surface area contributed by atoms with Gasteiger partial charge in [0.05, 0.1) is 18.0 Å². The van der Waals surface area contributed by atoms with E-state index in [4.69, 9.17) is 21.3 Å².